The van der Waals surface area contributed by atoms with Crippen molar-refractivity contribution in [3.05, 3.63) is 54.1 Å². The van der Waals surface area contributed by atoms with Gasteiger partial charge in [-0.15, -0.1) is 10.2 Å². The van der Waals surface area contributed by atoms with Crippen LogP contribution >= 0.6 is 0 Å². The molecule has 0 radical (unpaired) electrons. The average Bonchev–Trinajstić information content (AvgIpc) is 3.03. The standard InChI is InChI=1S/C23H28N4O3/c1-4-14-26(15-5-2)16-27-20-9-7-6-8-19(20)21(23(27)29)24-25-22(28)17-10-12-18(30-3)13-11-17/h6-13,29H,4-5,14-16H2,1-3H3/p+1. The molecule has 7 heteroatoms. The Hall–Kier alpha value is -3.19. The van der Waals surface area contributed by atoms with Crippen LogP contribution in [-0.4, -0.2) is 35.8 Å². The van der Waals surface area contributed by atoms with Crippen LogP contribution in [0.3, 0.4) is 0 Å². The summed E-state index contributed by atoms with van der Waals surface area (Å²) < 4.78 is 6.97. The van der Waals surface area contributed by atoms with Crippen LogP contribution in [0.2, 0.25) is 0 Å². The van der Waals surface area contributed by atoms with Crippen molar-refractivity contribution in [3.8, 4) is 11.6 Å². The van der Waals surface area contributed by atoms with Gasteiger partial charge in [0.1, 0.15) is 5.75 Å². The summed E-state index contributed by atoms with van der Waals surface area (Å²) in [4.78, 5) is 13.8. The summed E-state index contributed by atoms with van der Waals surface area (Å²) in [6, 6.07) is 14.3. The summed E-state index contributed by atoms with van der Waals surface area (Å²) in [6.07, 6.45) is 2.14. The van der Waals surface area contributed by atoms with Crippen molar-refractivity contribution >= 4 is 22.5 Å². The van der Waals surface area contributed by atoms with E-state index < -0.39 is 5.91 Å². The SMILES string of the molecule is CCC[NH+](CCC)Cn1c(O)c(N=NC(=O)c2ccc(OC)cc2)c2ccccc21. The molecule has 3 rings (SSSR count). The van der Waals surface area contributed by atoms with Crippen LogP contribution in [0.5, 0.6) is 11.6 Å². The van der Waals surface area contributed by atoms with Gasteiger partial charge in [0.2, 0.25) is 5.88 Å². The van der Waals surface area contributed by atoms with Crippen molar-refractivity contribution in [1.82, 2.24) is 4.57 Å². The van der Waals surface area contributed by atoms with Gasteiger partial charge in [-0.05, 0) is 43.2 Å². The van der Waals surface area contributed by atoms with E-state index in [1.807, 2.05) is 28.8 Å². The van der Waals surface area contributed by atoms with Crippen molar-refractivity contribution in [3.63, 3.8) is 0 Å². The van der Waals surface area contributed by atoms with Crippen molar-refractivity contribution in [2.45, 2.75) is 33.4 Å². The maximum absolute atomic E-state index is 12.4. The Kier molecular flexibility index (Phi) is 7.19. The second kappa shape index (κ2) is 10.0. The molecule has 0 aliphatic rings. The number of aromatic nitrogens is 1. The molecule has 0 spiro atoms. The van der Waals surface area contributed by atoms with Crippen LogP contribution in [0.4, 0.5) is 5.69 Å². The zero-order valence-corrected chi connectivity index (χ0v) is 17.8. The Morgan fingerprint density at radius 1 is 1.07 bits per heavy atom. The highest BCUT2D eigenvalue weighted by atomic mass is 16.5. The lowest BCUT2D eigenvalue weighted by molar-refractivity contribution is -0.922. The minimum absolute atomic E-state index is 0.0344. The molecule has 0 unspecified atom stereocenters. The molecular weight excluding hydrogens is 380 g/mol. The minimum atomic E-state index is -0.474. The number of carbonyl (C=O) groups excluding carboxylic acids is 1. The number of ether oxygens (including phenoxy) is 1. The van der Waals surface area contributed by atoms with Gasteiger partial charge in [-0.25, -0.2) is 0 Å². The molecular formula is C23H29N4O3+. The number of amides is 1. The number of carbonyl (C=O) groups is 1. The van der Waals surface area contributed by atoms with Crippen molar-refractivity contribution in [2.75, 3.05) is 20.2 Å². The van der Waals surface area contributed by atoms with E-state index in [9.17, 15) is 9.90 Å². The predicted molar refractivity (Wildman–Crippen MR) is 117 cm³/mol. The zero-order valence-electron chi connectivity index (χ0n) is 17.8. The average molecular weight is 410 g/mol. The number of quaternary nitrogens is 1. The number of nitrogens with zero attached hydrogens (tertiary/aromatic N) is 3. The number of rotatable bonds is 9. The Labute approximate surface area is 176 Å². The van der Waals surface area contributed by atoms with Crippen LogP contribution in [0, 0.1) is 0 Å². The largest absolute Gasteiger partial charge is 0.497 e. The van der Waals surface area contributed by atoms with E-state index in [1.165, 1.54) is 4.90 Å². The zero-order chi connectivity index (χ0) is 21.5. The van der Waals surface area contributed by atoms with Gasteiger partial charge in [-0.2, -0.15) is 0 Å². The number of fused-ring (bicyclic) bond motifs is 1. The van der Waals surface area contributed by atoms with Crippen molar-refractivity contribution in [1.29, 1.82) is 0 Å². The fraction of sp³-hybridized carbons (Fsp3) is 0.348. The summed E-state index contributed by atoms with van der Waals surface area (Å²) >= 11 is 0. The summed E-state index contributed by atoms with van der Waals surface area (Å²) in [5.41, 5.74) is 1.61. The fourth-order valence-electron chi connectivity index (χ4n) is 3.63. The molecule has 2 N–H and O–H groups in total. The van der Waals surface area contributed by atoms with Gasteiger partial charge in [0.05, 0.1) is 25.7 Å². The molecule has 0 saturated heterocycles. The summed E-state index contributed by atoms with van der Waals surface area (Å²) in [5.74, 6) is 0.223. The molecule has 0 saturated carbocycles. The molecule has 1 aromatic heterocycles. The Bertz CT molecular complexity index is 1020. The van der Waals surface area contributed by atoms with Crippen LogP contribution in [0.25, 0.3) is 10.9 Å². The van der Waals surface area contributed by atoms with Gasteiger partial charge >= 0.3 is 0 Å². The normalized spacial score (nSPS) is 11.6. The lowest BCUT2D eigenvalue weighted by atomic mass is 10.2. The number of para-hydroxylation sites is 1. The third-order valence-electron chi connectivity index (χ3n) is 5.08. The highest BCUT2D eigenvalue weighted by Gasteiger charge is 2.20. The molecule has 1 heterocycles. The van der Waals surface area contributed by atoms with E-state index in [0.29, 0.717) is 23.7 Å². The predicted octanol–water partition coefficient (Wildman–Crippen LogP) is 3.94. The van der Waals surface area contributed by atoms with Crippen LogP contribution in [0.1, 0.15) is 37.0 Å². The van der Waals surface area contributed by atoms with E-state index >= 15 is 0 Å². The summed E-state index contributed by atoms with van der Waals surface area (Å²) in [7, 11) is 1.57. The van der Waals surface area contributed by atoms with E-state index in [-0.39, 0.29) is 5.88 Å². The summed E-state index contributed by atoms with van der Waals surface area (Å²) in [5, 5.41) is 19.7. The quantitative estimate of drug-likeness (QED) is 0.525. The van der Waals surface area contributed by atoms with E-state index in [0.717, 1.165) is 36.8 Å². The number of methoxy groups -OCH3 is 1. The lowest BCUT2D eigenvalue weighted by Gasteiger charge is -2.19. The number of hydrogen-bond acceptors (Lipinski definition) is 4. The fourth-order valence-corrected chi connectivity index (χ4v) is 3.63. The first-order valence-corrected chi connectivity index (χ1v) is 10.3. The topological polar surface area (TPSA) is 80.6 Å². The van der Waals surface area contributed by atoms with Gasteiger partial charge in [0.15, 0.2) is 12.4 Å². The number of hydrogen-bond donors (Lipinski definition) is 2. The molecule has 158 valence electrons. The lowest BCUT2D eigenvalue weighted by Crippen LogP contribution is -3.11. The third-order valence-corrected chi connectivity index (χ3v) is 5.08. The molecule has 2 aromatic carbocycles. The van der Waals surface area contributed by atoms with E-state index in [4.69, 9.17) is 4.74 Å². The van der Waals surface area contributed by atoms with Gasteiger partial charge in [0, 0.05) is 10.9 Å². The molecule has 0 aliphatic heterocycles. The van der Waals surface area contributed by atoms with E-state index in [2.05, 4.69) is 24.1 Å². The van der Waals surface area contributed by atoms with Gasteiger partial charge < -0.3 is 14.7 Å². The molecule has 0 fully saturated rings. The second-order valence-corrected chi connectivity index (χ2v) is 7.26. The highest BCUT2D eigenvalue weighted by Crippen LogP contribution is 2.38. The number of benzene rings is 2. The highest BCUT2D eigenvalue weighted by molar-refractivity contribution is 5.97. The molecule has 30 heavy (non-hydrogen) atoms. The Balaban J connectivity index is 1.92. The first kappa shape index (κ1) is 21.5. The molecule has 0 aliphatic carbocycles. The summed E-state index contributed by atoms with van der Waals surface area (Å²) in [6.45, 7) is 7.00. The van der Waals surface area contributed by atoms with Gasteiger partial charge in [0.25, 0.3) is 5.91 Å². The van der Waals surface area contributed by atoms with Crippen LogP contribution < -0.4 is 9.64 Å². The number of azo groups is 1. The first-order valence-electron chi connectivity index (χ1n) is 10.3. The van der Waals surface area contributed by atoms with Crippen molar-refractivity contribution < 1.29 is 19.5 Å². The minimum Gasteiger partial charge on any atom is -0.497 e. The second-order valence-electron chi connectivity index (χ2n) is 7.26. The van der Waals surface area contributed by atoms with Gasteiger partial charge in [-0.3, -0.25) is 9.36 Å². The first-order chi connectivity index (χ1) is 14.6. The monoisotopic (exact) mass is 409 g/mol. The molecule has 0 atom stereocenters. The smallest absolute Gasteiger partial charge is 0.295 e. The number of nitrogens with one attached hydrogen (secondary N) is 1. The van der Waals surface area contributed by atoms with Crippen molar-refractivity contribution in [2.24, 2.45) is 10.2 Å². The molecule has 7 nitrogen and oxygen atoms in total. The molecule has 0 bridgehead atoms. The van der Waals surface area contributed by atoms with Gasteiger partial charge in [-0.1, -0.05) is 32.0 Å². The third kappa shape index (κ3) is 4.68. The van der Waals surface area contributed by atoms with E-state index in [1.54, 1.807) is 31.4 Å². The van der Waals surface area contributed by atoms with Crippen LogP contribution in [0.15, 0.2) is 58.8 Å². The molecule has 3 aromatic rings. The van der Waals surface area contributed by atoms with Crippen LogP contribution in [-0.2, 0) is 6.67 Å². The Morgan fingerprint density at radius 3 is 2.37 bits per heavy atom. The Morgan fingerprint density at radius 2 is 1.73 bits per heavy atom. The number of aromatic hydroxyl groups is 1. The maximum atomic E-state index is 12.4. The maximum Gasteiger partial charge on any atom is 0.295 e. The molecule has 1 amide bonds.